The van der Waals surface area contributed by atoms with Gasteiger partial charge in [0.1, 0.15) is 0 Å². The molecule has 0 radical (unpaired) electrons. The topological polar surface area (TPSA) is 53.0 Å². The lowest BCUT2D eigenvalue weighted by atomic mass is 9.95. The molecule has 0 saturated carbocycles. The summed E-state index contributed by atoms with van der Waals surface area (Å²) in [6.45, 7) is 3.68. The van der Waals surface area contributed by atoms with Crippen LogP contribution >= 0.6 is 0 Å². The molecule has 3 rings (SSSR count). The van der Waals surface area contributed by atoms with Crippen LogP contribution in [0.15, 0.2) is 24.3 Å². The van der Waals surface area contributed by atoms with Crippen molar-refractivity contribution in [3.05, 3.63) is 35.4 Å². The quantitative estimate of drug-likeness (QED) is 0.870. The van der Waals surface area contributed by atoms with E-state index in [-0.39, 0.29) is 0 Å². The minimum absolute atomic E-state index is 0.426. The molecule has 1 fully saturated rings. The van der Waals surface area contributed by atoms with Gasteiger partial charge in [-0.3, -0.25) is 4.90 Å². The predicted molar refractivity (Wildman–Crippen MR) is 93.4 cm³/mol. The van der Waals surface area contributed by atoms with Crippen LogP contribution in [0.25, 0.3) is 0 Å². The first-order chi connectivity index (χ1) is 11.7. The molecule has 132 valence electrons. The van der Waals surface area contributed by atoms with E-state index in [9.17, 15) is 9.90 Å². The van der Waals surface area contributed by atoms with Crippen LogP contribution in [0.1, 0.15) is 24.0 Å². The number of piperidine rings is 1. The zero-order chi connectivity index (χ0) is 16.9. The number of rotatable bonds is 6. The Balaban J connectivity index is 1.56. The maximum absolute atomic E-state index is 11.4. The molecule has 0 aromatic heterocycles. The fourth-order valence-corrected chi connectivity index (χ4v) is 4.15. The van der Waals surface area contributed by atoms with E-state index in [2.05, 4.69) is 29.2 Å². The first-order valence-electron chi connectivity index (χ1n) is 8.95. The second-order valence-electron chi connectivity index (χ2n) is 7.06. The summed E-state index contributed by atoms with van der Waals surface area (Å²) in [5, 5.41) is 9.38. The van der Waals surface area contributed by atoms with Crippen LogP contribution in [-0.4, -0.2) is 66.9 Å². The highest BCUT2D eigenvalue weighted by atomic mass is 16.5. The fourth-order valence-electron chi connectivity index (χ4n) is 4.15. The van der Waals surface area contributed by atoms with Crippen molar-refractivity contribution in [2.75, 3.05) is 39.9 Å². The molecule has 1 aliphatic carbocycles. The molecule has 1 aromatic carbocycles. The van der Waals surface area contributed by atoms with Gasteiger partial charge in [-0.25, -0.2) is 4.79 Å². The van der Waals surface area contributed by atoms with Gasteiger partial charge >= 0.3 is 6.09 Å². The van der Waals surface area contributed by atoms with Gasteiger partial charge in [0.2, 0.25) is 0 Å². The van der Waals surface area contributed by atoms with Gasteiger partial charge in [-0.15, -0.1) is 0 Å². The third-order valence-corrected chi connectivity index (χ3v) is 5.41. The van der Waals surface area contributed by atoms with E-state index in [4.69, 9.17) is 4.74 Å². The standard InChI is InChI=1S/C19H28N2O3/c1-24-10-9-21(19(22)23)14-15-5-4-8-20(13-15)18-11-16-6-2-3-7-17(16)12-18/h2-3,6-7,15,18H,4-5,8-14H2,1H3,(H,22,23). The number of carbonyl (C=O) groups is 1. The molecule has 1 unspecified atom stereocenters. The Bertz CT molecular complexity index is 538. The van der Waals surface area contributed by atoms with Gasteiger partial charge in [0, 0.05) is 32.8 Å². The normalized spacial score (nSPS) is 21.6. The van der Waals surface area contributed by atoms with Crippen molar-refractivity contribution in [3.63, 3.8) is 0 Å². The van der Waals surface area contributed by atoms with Gasteiger partial charge in [0.15, 0.2) is 0 Å². The summed E-state index contributed by atoms with van der Waals surface area (Å²) >= 11 is 0. The maximum atomic E-state index is 11.4. The molecule has 0 spiro atoms. The van der Waals surface area contributed by atoms with Crippen molar-refractivity contribution in [2.45, 2.75) is 31.7 Å². The van der Waals surface area contributed by atoms with Crippen molar-refractivity contribution in [3.8, 4) is 0 Å². The van der Waals surface area contributed by atoms with Gasteiger partial charge in [0.25, 0.3) is 0 Å². The minimum atomic E-state index is -0.836. The van der Waals surface area contributed by atoms with Gasteiger partial charge < -0.3 is 14.7 Å². The number of nitrogens with zero attached hydrogens (tertiary/aromatic N) is 2. The highest BCUT2D eigenvalue weighted by Crippen LogP contribution is 2.29. The number of methoxy groups -OCH3 is 1. The van der Waals surface area contributed by atoms with Gasteiger partial charge in [-0.1, -0.05) is 24.3 Å². The molecule has 1 saturated heterocycles. The predicted octanol–water partition coefficient (Wildman–Crippen LogP) is 2.49. The Kier molecular flexibility index (Phi) is 5.74. The Hall–Kier alpha value is -1.59. The van der Waals surface area contributed by atoms with Gasteiger partial charge in [0.05, 0.1) is 6.61 Å². The molecule has 5 nitrogen and oxygen atoms in total. The lowest BCUT2D eigenvalue weighted by molar-refractivity contribution is 0.0808. The monoisotopic (exact) mass is 332 g/mol. The fraction of sp³-hybridized carbons (Fsp3) is 0.632. The number of amides is 1. The van der Waals surface area contributed by atoms with E-state index >= 15 is 0 Å². The van der Waals surface area contributed by atoms with Gasteiger partial charge in [-0.05, 0) is 49.3 Å². The highest BCUT2D eigenvalue weighted by molar-refractivity contribution is 5.64. The van der Waals surface area contributed by atoms with Crippen molar-refractivity contribution in [2.24, 2.45) is 5.92 Å². The molecule has 1 heterocycles. The number of ether oxygens (including phenoxy) is 1. The molecule has 24 heavy (non-hydrogen) atoms. The summed E-state index contributed by atoms with van der Waals surface area (Å²) < 4.78 is 5.03. The lowest BCUT2D eigenvalue weighted by Gasteiger charge is -2.38. The van der Waals surface area contributed by atoms with Crippen LogP contribution in [0.2, 0.25) is 0 Å². The van der Waals surface area contributed by atoms with Crippen molar-refractivity contribution in [1.29, 1.82) is 0 Å². The Morgan fingerprint density at radius 2 is 2.04 bits per heavy atom. The molecule has 1 atom stereocenters. The number of benzene rings is 1. The molecule has 0 bridgehead atoms. The Morgan fingerprint density at radius 1 is 1.33 bits per heavy atom. The largest absolute Gasteiger partial charge is 0.465 e. The lowest BCUT2D eigenvalue weighted by Crippen LogP contribution is -2.47. The second-order valence-corrected chi connectivity index (χ2v) is 7.06. The van der Waals surface area contributed by atoms with Crippen LogP contribution in [0.4, 0.5) is 4.79 Å². The number of hydrogen-bond donors (Lipinski definition) is 1. The second kappa shape index (κ2) is 7.99. The zero-order valence-corrected chi connectivity index (χ0v) is 14.5. The zero-order valence-electron chi connectivity index (χ0n) is 14.5. The summed E-state index contributed by atoms with van der Waals surface area (Å²) in [5.41, 5.74) is 2.97. The van der Waals surface area contributed by atoms with Crippen LogP contribution < -0.4 is 0 Å². The van der Waals surface area contributed by atoms with Crippen LogP contribution in [0.5, 0.6) is 0 Å². The molecule has 1 amide bonds. The SMILES string of the molecule is COCCN(CC1CCCN(C2Cc3ccccc3C2)C1)C(=O)O. The third kappa shape index (κ3) is 4.08. The maximum Gasteiger partial charge on any atom is 0.407 e. The first-order valence-corrected chi connectivity index (χ1v) is 8.95. The minimum Gasteiger partial charge on any atom is -0.465 e. The first kappa shape index (κ1) is 17.2. The van der Waals surface area contributed by atoms with E-state index in [0.717, 1.165) is 38.8 Å². The summed E-state index contributed by atoms with van der Waals surface area (Å²) in [7, 11) is 1.61. The molecular formula is C19H28N2O3. The smallest absolute Gasteiger partial charge is 0.407 e. The van der Waals surface area contributed by atoms with E-state index in [1.807, 2.05) is 0 Å². The summed E-state index contributed by atoms with van der Waals surface area (Å²) in [5.74, 6) is 0.426. The van der Waals surface area contributed by atoms with Crippen LogP contribution in [0, 0.1) is 5.92 Å². The van der Waals surface area contributed by atoms with Crippen LogP contribution in [0.3, 0.4) is 0 Å². The molecule has 1 aliphatic heterocycles. The Morgan fingerprint density at radius 3 is 2.67 bits per heavy atom. The number of fused-ring (bicyclic) bond motifs is 1. The number of likely N-dealkylation sites (tertiary alicyclic amines) is 1. The molecule has 5 heteroatoms. The summed E-state index contributed by atoms with van der Waals surface area (Å²) in [6.07, 6.45) is 3.71. The van der Waals surface area contributed by atoms with Crippen LogP contribution in [-0.2, 0) is 17.6 Å². The molecule has 1 aromatic rings. The number of carboxylic acid groups (broad SMARTS) is 1. The van der Waals surface area contributed by atoms with E-state index in [1.165, 1.54) is 16.0 Å². The van der Waals surface area contributed by atoms with Gasteiger partial charge in [-0.2, -0.15) is 0 Å². The van der Waals surface area contributed by atoms with Crippen molar-refractivity contribution < 1.29 is 14.6 Å². The van der Waals surface area contributed by atoms with E-state index < -0.39 is 6.09 Å². The van der Waals surface area contributed by atoms with Crippen molar-refractivity contribution >= 4 is 6.09 Å². The highest BCUT2D eigenvalue weighted by Gasteiger charge is 2.31. The summed E-state index contributed by atoms with van der Waals surface area (Å²) in [4.78, 5) is 15.5. The van der Waals surface area contributed by atoms with E-state index in [0.29, 0.717) is 31.7 Å². The average Bonchev–Trinajstić information content (AvgIpc) is 3.03. The van der Waals surface area contributed by atoms with E-state index in [1.54, 1.807) is 7.11 Å². The molecule has 2 aliphatic rings. The molecular weight excluding hydrogens is 304 g/mol. The molecule has 1 N–H and O–H groups in total. The third-order valence-electron chi connectivity index (χ3n) is 5.41. The van der Waals surface area contributed by atoms with Crippen molar-refractivity contribution in [1.82, 2.24) is 9.80 Å². The summed E-state index contributed by atoms with van der Waals surface area (Å²) in [6, 6.07) is 9.32. The average molecular weight is 332 g/mol. The Labute approximate surface area is 144 Å². The number of hydrogen-bond acceptors (Lipinski definition) is 3.